The zero-order valence-electron chi connectivity index (χ0n) is 17.2. The molecule has 0 saturated heterocycles. The fraction of sp³-hybridized carbons (Fsp3) is 0.348. The number of carbonyl (C=O) groups is 1. The lowest BCUT2D eigenvalue weighted by Crippen LogP contribution is -2.45. The van der Waals surface area contributed by atoms with Gasteiger partial charge < -0.3 is 19.7 Å². The predicted octanol–water partition coefficient (Wildman–Crippen LogP) is 3.80. The predicted molar refractivity (Wildman–Crippen MR) is 111 cm³/mol. The zero-order chi connectivity index (χ0) is 21.8. The number of pyridine rings is 1. The molecule has 0 unspecified atom stereocenters. The number of aliphatic hydroxyl groups is 1. The second kappa shape index (κ2) is 9.26. The van der Waals surface area contributed by atoms with Gasteiger partial charge in [-0.05, 0) is 43.5 Å². The van der Waals surface area contributed by atoms with Crippen LogP contribution in [0.15, 0.2) is 47.1 Å². The molecule has 2 N–H and O–H groups in total. The van der Waals surface area contributed by atoms with Crippen molar-refractivity contribution in [1.29, 1.82) is 0 Å². The Balaban J connectivity index is 1.59. The Hall–Kier alpha value is -3.26. The third kappa shape index (κ3) is 5.08. The highest BCUT2D eigenvalue weighted by atomic mass is 19.1. The lowest BCUT2D eigenvalue weighted by atomic mass is 9.92. The number of hydrogen-bond donors (Lipinski definition) is 2. The van der Waals surface area contributed by atoms with Gasteiger partial charge in [-0.3, -0.25) is 4.79 Å². The van der Waals surface area contributed by atoms with E-state index >= 15 is 0 Å². The molecule has 0 bridgehead atoms. The van der Waals surface area contributed by atoms with E-state index in [-0.39, 0.29) is 24.4 Å². The Kier molecular flexibility index (Phi) is 6.27. The second-order valence-electron chi connectivity index (χ2n) is 7.73. The highest BCUT2D eigenvalue weighted by molar-refractivity contribution is 5.95. The number of aromatic nitrogens is 2. The number of ether oxygens (including phenoxy) is 1. The van der Waals surface area contributed by atoms with E-state index in [1.54, 1.807) is 31.2 Å². The third-order valence-corrected chi connectivity index (χ3v) is 5.35. The lowest BCUT2D eigenvalue weighted by molar-refractivity contribution is 0.0717. The van der Waals surface area contributed by atoms with Crippen LogP contribution in [-0.4, -0.2) is 33.3 Å². The molecule has 1 fully saturated rings. The van der Waals surface area contributed by atoms with Gasteiger partial charge in [0.25, 0.3) is 5.91 Å². The van der Waals surface area contributed by atoms with Crippen LogP contribution in [0.25, 0.3) is 11.1 Å². The fourth-order valence-corrected chi connectivity index (χ4v) is 3.69. The van der Waals surface area contributed by atoms with Gasteiger partial charge >= 0.3 is 0 Å². The number of benzene rings is 1. The van der Waals surface area contributed by atoms with Crippen LogP contribution in [-0.2, 0) is 6.61 Å². The van der Waals surface area contributed by atoms with Crippen molar-refractivity contribution in [3.63, 3.8) is 0 Å². The van der Waals surface area contributed by atoms with E-state index in [9.17, 15) is 14.3 Å². The number of carbonyl (C=O) groups excluding carboxylic acids is 1. The first kappa shape index (κ1) is 21.0. The van der Waals surface area contributed by atoms with Crippen molar-refractivity contribution in [3.05, 3.63) is 65.4 Å². The molecule has 2 atom stereocenters. The fourth-order valence-electron chi connectivity index (χ4n) is 3.69. The summed E-state index contributed by atoms with van der Waals surface area (Å²) in [6.45, 7) is 1.92. The number of aryl methyl sites for hydroxylation is 1. The number of rotatable bonds is 6. The highest BCUT2D eigenvalue weighted by Crippen LogP contribution is 2.30. The molecular weight excluding hydrogens is 401 g/mol. The average molecular weight is 425 g/mol. The van der Waals surface area contributed by atoms with E-state index < -0.39 is 6.10 Å². The first-order valence-electron chi connectivity index (χ1n) is 10.3. The van der Waals surface area contributed by atoms with Gasteiger partial charge in [-0.2, -0.15) is 0 Å². The van der Waals surface area contributed by atoms with Crippen LogP contribution < -0.4 is 10.1 Å². The Labute approximate surface area is 179 Å². The maximum atomic E-state index is 13.4. The van der Waals surface area contributed by atoms with Crippen molar-refractivity contribution >= 4 is 5.91 Å². The summed E-state index contributed by atoms with van der Waals surface area (Å²) in [5.41, 5.74) is 2.16. The molecule has 0 spiro atoms. The Bertz CT molecular complexity index is 1050. The molecule has 0 aliphatic heterocycles. The quantitative estimate of drug-likeness (QED) is 0.624. The van der Waals surface area contributed by atoms with Gasteiger partial charge in [0, 0.05) is 17.8 Å². The summed E-state index contributed by atoms with van der Waals surface area (Å²) in [5, 5.41) is 16.9. The molecule has 162 valence electrons. The minimum Gasteiger partial charge on any atom is -0.471 e. The minimum absolute atomic E-state index is 0.137. The van der Waals surface area contributed by atoms with Crippen LogP contribution in [0.1, 0.15) is 47.5 Å². The minimum atomic E-state index is -0.546. The van der Waals surface area contributed by atoms with Gasteiger partial charge in [-0.15, -0.1) is 0 Å². The molecule has 8 heteroatoms. The molecule has 1 aliphatic carbocycles. The van der Waals surface area contributed by atoms with Gasteiger partial charge in [0.2, 0.25) is 5.88 Å². The van der Waals surface area contributed by atoms with Crippen molar-refractivity contribution in [2.45, 2.75) is 51.4 Å². The molecule has 1 aliphatic rings. The van der Waals surface area contributed by atoms with E-state index in [0.717, 1.165) is 19.3 Å². The number of hydrogen-bond acceptors (Lipinski definition) is 6. The smallest absolute Gasteiger partial charge is 0.253 e. The first-order valence-corrected chi connectivity index (χ1v) is 10.3. The van der Waals surface area contributed by atoms with Crippen LogP contribution in [0.4, 0.5) is 4.39 Å². The van der Waals surface area contributed by atoms with Crippen LogP contribution >= 0.6 is 0 Å². The van der Waals surface area contributed by atoms with Gasteiger partial charge in [-0.25, -0.2) is 9.37 Å². The maximum absolute atomic E-state index is 13.4. The van der Waals surface area contributed by atoms with E-state index in [4.69, 9.17) is 9.26 Å². The number of halogens is 1. The zero-order valence-corrected chi connectivity index (χ0v) is 17.2. The molecule has 2 aromatic heterocycles. The molecule has 1 amide bonds. The van der Waals surface area contributed by atoms with Gasteiger partial charge in [0.05, 0.1) is 17.7 Å². The molecular formula is C23H24FN3O4. The van der Waals surface area contributed by atoms with Crippen molar-refractivity contribution in [3.8, 4) is 17.0 Å². The molecule has 4 rings (SSSR count). The summed E-state index contributed by atoms with van der Waals surface area (Å²) in [6.07, 6.45) is 4.23. The first-order chi connectivity index (χ1) is 15.0. The number of amides is 1. The van der Waals surface area contributed by atoms with E-state index in [0.29, 0.717) is 40.4 Å². The maximum Gasteiger partial charge on any atom is 0.253 e. The van der Waals surface area contributed by atoms with Crippen LogP contribution in [0.2, 0.25) is 0 Å². The lowest BCUT2D eigenvalue weighted by Gasteiger charge is -2.28. The third-order valence-electron chi connectivity index (χ3n) is 5.35. The number of aliphatic hydroxyl groups excluding tert-OH is 1. The van der Waals surface area contributed by atoms with E-state index in [1.165, 1.54) is 18.3 Å². The summed E-state index contributed by atoms with van der Waals surface area (Å²) in [6, 6.07) is 9.03. The second-order valence-corrected chi connectivity index (χ2v) is 7.73. The van der Waals surface area contributed by atoms with E-state index in [1.807, 2.05) is 0 Å². The van der Waals surface area contributed by atoms with Crippen LogP contribution in [0, 0.1) is 12.7 Å². The molecule has 31 heavy (non-hydrogen) atoms. The van der Waals surface area contributed by atoms with Crippen molar-refractivity contribution in [2.75, 3.05) is 0 Å². The topological polar surface area (TPSA) is 97.5 Å². The van der Waals surface area contributed by atoms with Crippen molar-refractivity contribution in [1.82, 2.24) is 15.5 Å². The van der Waals surface area contributed by atoms with Crippen LogP contribution in [0.3, 0.4) is 0 Å². The summed E-state index contributed by atoms with van der Waals surface area (Å²) < 4.78 is 24.3. The standard InChI is InChI=1S/C23H24FN3O4/c1-14-10-18(27-31-14)13-30-23-19(15-6-8-17(24)9-7-15)11-16(12-25-23)22(29)26-20-4-2-3-5-21(20)28/h6-12,20-21,28H,2-5,13H2,1H3,(H,26,29)/t20-,21-/m1/s1. The van der Waals surface area contributed by atoms with Crippen molar-refractivity contribution < 1.29 is 23.6 Å². The summed E-state index contributed by atoms with van der Waals surface area (Å²) in [7, 11) is 0. The molecule has 0 radical (unpaired) electrons. The largest absolute Gasteiger partial charge is 0.471 e. The number of nitrogens with one attached hydrogen (secondary N) is 1. The SMILES string of the molecule is Cc1cc(COc2ncc(C(=O)N[C@@H]3CCCC[C@H]3O)cc2-c2ccc(F)cc2)no1. The van der Waals surface area contributed by atoms with Crippen molar-refractivity contribution in [2.24, 2.45) is 0 Å². The highest BCUT2D eigenvalue weighted by Gasteiger charge is 2.25. The molecule has 1 aromatic carbocycles. The van der Waals surface area contributed by atoms with Gasteiger partial charge in [0.1, 0.15) is 23.9 Å². The van der Waals surface area contributed by atoms with Gasteiger partial charge in [-0.1, -0.05) is 30.1 Å². The van der Waals surface area contributed by atoms with Crippen LogP contribution in [0.5, 0.6) is 5.88 Å². The summed E-state index contributed by atoms with van der Waals surface area (Å²) in [5.74, 6) is 0.279. The average Bonchev–Trinajstić information content (AvgIpc) is 3.19. The normalized spacial score (nSPS) is 18.5. The summed E-state index contributed by atoms with van der Waals surface area (Å²) >= 11 is 0. The van der Waals surface area contributed by atoms with Gasteiger partial charge in [0.15, 0.2) is 0 Å². The van der Waals surface area contributed by atoms with E-state index in [2.05, 4.69) is 15.5 Å². The molecule has 2 heterocycles. The summed E-state index contributed by atoms with van der Waals surface area (Å²) in [4.78, 5) is 17.1. The Morgan fingerprint density at radius 2 is 2.03 bits per heavy atom. The molecule has 7 nitrogen and oxygen atoms in total. The molecule has 1 saturated carbocycles. The Morgan fingerprint density at radius 1 is 1.26 bits per heavy atom. The monoisotopic (exact) mass is 425 g/mol. The Morgan fingerprint density at radius 3 is 2.74 bits per heavy atom. The number of nitrogens with zero attached hydrogens (tertiary/aromatic N) is 2. The molecule has 3 aromatic rings.